The number of aromatic nitrogens is 2. The van der Waals surface area contributed by atoms with Crippen molar-refractivity contribution in [3.05, 3.63) is 23.8 Å². The molecule has 0 amide bonds. The summed E-state index contributed by atoms with van der Waals surface area (Å²) in [5.41, 5.74) is 0.764. The highest BCUT2D eigenvalue weighted by Crippen LogP contribution is 2.32. The Bertz CT molecular complexity index is 508. The van der Waals surface area contributed by atoms with Gasteiger partial charge in [0.2, 0.25) is 0 Å². The van der Waals surface area contributed by atoms with Gasteiger partial charge in [0, 0.05) is 30.9 Å². The third kappa shape index (κ3) is 3.06. The Balaban J connectivity index is 1.62. The minimum atomic E-state index is -0.965. The summed E-state index contributed by atoms with van der Waals surface area (Å²) in [5.74, 6) is -0.965. The van der Waals surface area contributed by atoms with Gasteiger partial charge in [0.1, 0.15) is 11.9 Å². The molecule has 0 saturated carbocycles. The zero-order valence-corrected chi connectivity index (χ0v) is 12.3. The van der Waals surface area contributed by atoms with E-state index in [4.69, 9.17) is 5.11 Å². The van der Waals surface area contributed by atoms with Crippen molar-refractivity contribution in [3.63, 3.8) is 0 Å². The van der Waals surface area contributed by atoms with Crippen molar-refractivity contribution in [2.24, 2.45) is 0 Å². The molecular formula is C15H22N4O2. The molecule has 2 aliphatic rings. The van der Waals surface area contributed by atoms with E-state index in [1.54, 1.807) is 0 Å². The number of carbonyl (C=O) groups is 1. The largest absolute Gasteiger partial charge is 0.478 e. The molecule has 1 aromatic heterocycles. The fraction of sp³-hybridized carbons (Fsp3) is 0.667. The lowest BCUT2D eigenvalue weighted by molar-refractivity contribution is 0.0480. The molecule has 1 aromatic rings. The highest BCUT2D eigenvalue weighted by molar-refractivity contribution is 5.88. The van der Waals surface area contributed by atoms with Gasteiger partial charge in [-0.25, -0.2) is 14.8 Å². The van der Waals surface area contributed by atoms with Gasteiger partial charge in [-0.3, -0.25) is 0 Å². The van der Waals surface area contributed by atoms with Gasteiger partial charge < -0.3 is 15.3 Å². The van der Waals surface area contributed by atoms with Gasteiger partial charge in [-0.05, 0) is 32.7 Å². The van der Waals surface area contributed by atoms with E-state index in [1.165, 1.54) is 31.8 Å². The number of piperidine rings is 2. The van der Waals surface area contributed by atoms with E-state index < -0.39 is 5.97 Å². The second-order valence-corrected chi connectivity index (χ2v) is 6.14. The van der Waals surface area contributed by atoms with Crippen LogP contribution in [0.15, 0.2) is 12.5 Å². The smallest absolute Gasteiger partial charge is 0.339 e. The number of fused-ring (bicyclic) bond motifs is 2. The number of hydrogen-bond donors (Lipinski definition) is 2. The van der Waals surface area contributed by atoms with E-state index in [2.05, 4.69) is 27.2 Å². The number of carboxylic acid groups (broad SMARTS) is 1. The molecule has 114 valence electrons. The maximum atomic E-state index is 11.2. The quantitative estimate of drug-likeness (QED) is 0.869. The number of hydrogen-bond acceptors (Lipinski definition) is 5. The van der Waals surface area contributed by atoms with Gasteiger partial charge in [-0.15, -0.1) is 0 Å². The predicted molar refractivity (Wildman–Crippen MR) is 78.0 cm³/mol. The minimum Gasteiger partial charge on any atom is -0.478 e. The molecule has 2 N–H and O–H groups in total. The van der Waals surface area contributed by atoms with Crippen molar-refractivity contribution >= 4 is 5.97 Å². The van der Waals surface area contributed by atoms with E-state index in [0.29, 0.717) is 30.4 Å². The van der Waals surface area contributed by atoms with Crippen LogP contribution < -0.4 is 5.32 Å². The van der Waals surface area contributed by atoms with E-state index in [9.17, 15) is 4.79 Å². The van der Waals surface area contributed by atoms with E-state index in [-0.39, 0.29) is 5.56 Å². The Morgan fingerprint density at radius 1 is 1.43 bits per heavy atom. The maximum Gasteiger partial charge on any atom is 0.339 e. The fourth-order valence-corrected chi connectivity index (χ4v) is 3.70. The van der Waals surface area contributed by atoms with Crippen LogP contribution >= 0.6 is 0 Å². The number of carboxylic acids is 1. The average molecular weight is 290 g/mol. The van der Waals surface area contributed by atoms with Crippen LogP contribution in [0.25, 0.3) is 0 Å². The summed E-state index contributed by atoms with van der Waals surface area (Å²) in [6.07, 6.45) is 8.95. The molecule has 2 fully saturated rings. The molecule has 2 bridgehead atoms. The highest BCUT2D eigenvalue weighted by atomic mass is 16.4. The third-order valence-electron chi connectivity index (χ3n) is 4.92. The molecule has 2 saturated heterocycles. The number of nitrogens with zero attached hydrogens (tertiary/aromatic N) is 3. The van der Waals surface area contributed by atoms with Crippen molar-refractivity contribution in [1.82, 2.24) is 20.2 Å². The monoisotopic (exact) mass is 290 g/mol. The average Bonchev–Trinajstić information content (AvgIpc) is 2.45. The summed E-state index contributed by atoms with van der Waals surface area (Å²) < 4.78 is 0. The van der Waals surface area contributed by atoms with Crippen LogP contribution in [0.3, 0.4) is 0 Å². The summed E-state index contributed by atoms with van der Waals surface area (Å²) in [6.45, 7) is 0.498. The first kappa shape index (κ1) is 14.4. The Morgan fingerprint density at radius 2 is 2.14 bits per heavy atom. The molecule has 0 spiro atoms. The van der Waals surface area contributed by atoms with Crippen LogP contribution in [0.5, 0.6) is 0 Å². The van der Waals surface area contributed by atoms with Crippen LogP contribution in [-0.4, -0.2) is 51.1 Å². The van der Waals surface area contributed by atoms with Crippen molar-refractivity contribution in [1.29, 1.82) is 0 Å². The van der Waals surface area contributed by atoms with Gasteiger partial charge in [-0.2, -0.15) is 0 Å². The van der Waals surface area contributed by atoms with Crippen molar-refractivity contribution in [2.75, 3.05) is 7.05 Å². The van der Waals surface area contributed by atoms with Crippen LogP contribution in [0.4, 0.5) is 0 Å². The van der Waals surface area contributed by atoms with Crippen LogP contribution in [0, 0.1) is 0 Å². The Labute approximate surface area is 124 Å². The molecule has 3 heterocycles. The summed E-state index contributed by atoms with van der Waals surface area (Å²) in [5, 5.41) is 12.7. The summed E-state index contributed by atoms with van der Waals surface area (Å²) >= 11 is 0. The maximum absolute atomic E-state index is 11.2. The molecule has 21 heavy (non-hydrogen) atoms. The summed E-state index contributed by atoms with van der Waals surface area (Å²) in [4.78, 5) is 21.6. The second kappa shape index (κ2) is 6.07. The molecule has 6 heteroatoms. The second-order valence-electron chi connectivity index (χ2n) is 6.14. The SMILES string of the molecule is CN1C2CCCC1CC(NCc1ncncc1C(=O)O)C2. The molecule has 2 atom stereocenters. The van der Waals surface area contributed by atoms with Crippen molar-refractivity contribution < 1.29 is 9.90 Å². The van der Waals surface area contributed by atoms with Gasteiger partial charge >= 0.3 is 5.97 Å². The molecular weight excluding hydrogens is 268 g/mol. The molecule has 0 aliphatic carbocycles. The molecule has 2 unspecified atom stereocenters. The first-order chi connectivity index (χ1) is 10.1. The molecule has 3 rings (SSSR count). The van der Waals surface area contributed by atoms with Gasteiger partial charge in [-0.1, -0.05) is 6.42 Å². The van der Waals surface area contributed by atoms with Crippen molar-refractivity contribution in [3.8, 4) is 0 Å². The number of nitrogens with one attached hydrogen (secondary N) is 1. The highest BCUT2D eigenvalue weighted by Gasteiger charge is 2.35. The fourth-order valence-electron chi connectivity index (χ4n) is 3.70. The van der Waals surface area contributed by atoms with Crippen LogP contribution in [0.1, 0.15) is 48.2 Å². The van der Waals surface area contributed by atoms with Gasteiger partial charge in [0.15, 0.2) is 0 Å². The molecule has 6 nitrogen and oxygen atoms in total. The lowest BCUT2D eigenvalue weighted by atomic mass is 9.82. The Kier molecular flexibility index (Phi) is 4.17. The van der Waals surface area contributed by atoms with Gasteiger partial charge in [0.25, 0.3) is 0 Å². The first-order valence-electron chi connectivity index (χ1n) is 7.62. The standard InChI is InChI=1S/C15H22N4O2/c1-19-11-3-2-4-12(19)6-10(5-11)17-8-14-13(15(20)21)7-16-9-18-14/h7,9-12,17H,2-6,8H2,1H3,(H,20,21). The summed E-state index contributed by atoms with van der Waals surface area (Å²) in [6, 6.07) is 1.78. The Hall–Kier alpha value is -1.53. The lowest BCUT2D eigenvalue weighted by Gasteiger charge is -2.47. The Morgan fingerprint density at radius 3 is 2.81 bits per heavy atom. The van der Waals surface area contributed by atoms with E-state index >= 15 is 0 Å². The first-order valence-corrected chi connectivity index (χ1v) is 7.62. The minimum absolute atomic E-state index is 0.193. The topological polar surface area (TPSA) is 78.3 Å². The van der Waals surface area contributed by atoms with Crippen LogP contribution in [0.2, 0.25) is 0 Å². The lowest BCUT2D eigenvalue weighted by Crippen LogP contribution is -2.54. The number of aromatic carboxylic acids is 1. The van der Waals surface area contributed by atoms with Gasteiger partial charge in [0.05, 0.1) is 5.69 Å². The number of rotatable bonds is 4. The van der Waals surface area contributed by atoms with E-state index in [0.717, 1.165) is 12.8 Å². The van der Waals surface area contributed by atoms with Crippen LogP contribution in [-0.2, 0) is 6.54 Å². The molecule has 0 radical (unpaired) electrons. The zero-order chi connectivity index (χ0) is 14.8. The predicted octanol–water partition coefficient (Wildman–Crippen LogP) is 1.28. The normalized spacial score (nSPS) is 29.3. The molecule has 0 aromatic carbocycles. The molecule has 2 aliphatic heterocycles. The zero-order valence-electron chi connectivity index (χ0n) is 12.3. The third-order valence-corrected chi connectivity index (χ3v) is 4.92. The van der Waals surface area contributed by atoms with E-state index in [1.807, 2.05) is 0 Å². The van der Waals surface area contributed by atoms with Crippen molar-refractivity contribution in [2.45, 2.75) is 56.8 Å². The summed E-state index contributed by atoms with van der Waals surface area (Å²) in [7, 11) is 2.23.